The molecular weight excluding hydrogens is 546 g/mol. The first kappa shape index (κ1) is 32.3. The summed E-state index contributed by atoms with van der Waals surface area (Å²) in [6.07, 6.45) is -9.43. The minimum Gasteiger partial charge on any atom is -0.444 e. The molecule has 0 aromatic heterocycles. The molecule has 1 aromatic rings. The molecule has 0 radical (unpaired) electrons. The molecule has 7 unspecified atom stereocenters. The molecule has 16 nitrogen and oxygen atoms in total. The number of primary amides is 1. The molecule has 8 atom stereocenters. The second-order valence-electron chi connectivity index (χ2n) is 10.0. The SMILES string of the molecule is NC(=O)[C@H](CCCN=C1N=C2OC(O)(CC(O)C(O)CO)C(O)C2(CC(O)C(O)CO)N1)NC(=O)c1ccccc1. The van der Waals surface area contributed by atoms with Gasteiger partial charge in [0.2, 0.25) is 23.6 Å². The van der Waals surface area contributed by atoms with Crippen LogP contribution in [0.1, 0.15) is 36.0 Å². The molecule has 0 bridgehead atoms. The van der Waals surface area contributed by atoms with E-state index in [0.29, 0.717) is 5.56 Å². The number of aliphatic hydroxyl groups is 8. The topological polar surface area (TPSA) is 280 Å². The third kappa shape index (κ3) is 7.35. The van der Waals surface area contributed by atoms with Gasteiger partial charge in [-0.25, -0.2) is 0 Å². The predicted molar refractivity (Wildman–Crippen MR) is 141 cm³/mol. The molecule has 41 heavy (non-hydrogen) atoms. The third-order valence-electron chi connectivity index (χ3n) is 6.98. The second-order valence-corrected chi connectivity index (χ2v) is 10.0. The van der Waals surface area contributed by atoms with Crippen LogP contribution in [0.25, 0.3) is 0 Å². The molecular formula is C25H37N5O11. The van der Waals surface area contributed by atoms with Crippen molar-refractivity contribution in [2.24, 2.45) is 15.7 Å². The average molecular weight is 584 g/mol. The lowest BCUT2D eigenvalue weighted by atomic mass is 9.82. The molecule has 1 fully saturated rings. The number of rotatable bonds is 15. The zero-order valence-electron chi connectivity index (χ0n) is 22.1. The van der Waals surface area contributed by atoms with E-state index in [1.807, 2.05) is 0 Å². The smallest absolute Gasteiger partial charge is 0.251 e. The Kier molecular flexibility index (Phi) is 10.7. The van der Waals surface area contributed by atoms with Crippen molar-refractivity contribution in [2.75, 3.05) is 19.8 Å². The van der Waals surface area contributed by atoms with Gasteiger partial charge in [0.05, 0.1) is 25.4 Å². The first-order valence-corrected chi connectivity index (χ1v) is 13.0. The number of benzene rings is 1. The first-order valence-electron chi connectivity index (χ1n) is 13.0. The van der Waals surface area contributed by atoms with Crippen molar-refractivity contribution in [3.05, 3.63) is 35.9 Å². The number of nitrogens with two attached hydrogens (primary N) is 1. The van der Waals surface area contributed by atoms with Gasteiger partial charge in [-0.3, -0.25) is 14.6 Å². The first-order chi connectivity index (χ1) is 19.4. The Morgan fingerprint density at radius 3 is 2.24 bits per heavy atom. The zero-order chi connectivity index (χ0) is 30.4. The molecule has 12 N–H and O–H groups in total. The highest BCUT2D eigenvalue weighted by atomic mass is 16.7. The van der Waals surface area contributed by atoms with Gasteiger partial charge in [0.25, 0.3) is 5.91 Å². The Balaban J connectivity index is 1.71. The summed E-state index contributed by atoms with van der Waals surface area (Å²) >= 11 is 0. The van der Waals surface area contributed by atoms with Crippen LogP contribution in [0.3, 0.4) is 0 Å². The van der Waals surface area contributed by atoms with Gasteiger partial charge in [-0.15, -0.1) is 0 Å². The number of ether oxygens (including phenoxy) is 1. The molecule has 2 amide bonds. The number of guanidine groups is 1. The average Bonchev–Trinajstić information content (AvgIpc) is 3.38. The quantitative estimate of drug-likeness (QED) is 0.0871. The lowest BCUT2D eigenvalue weighted by Gasteiger charge is -2.35. The van der Waals surface area contributed by atoms with Gasteiger partial charge >= 0.3 is 0 Å². The number of aliphatic imine (C=N–C) groups is 2. The van der Waals surface area contributed by atoms with Crippen LogP contribution in [0.5, 0.6) is 0 Å². The fraction of sp³-hybridized carbons (Fsp3) is 0.600. The van der Waals surface area contributed by atoms with Crippen LogP contribution in [-0.2, 0) is 9.53 Å². The molecule has 2 aliphatic rings. The van der Waals surface area contributed by atoms with E-state index in [2.05, 4.69) is 20.6 Å². The summed E-state index contributed by atoms with van der Waals surface area (Å²) in [6.45, 7) is -1.58. The van der Waals surface area contributed by atoms with Crippen LogP contribution in [0.15, 0.2) is 40.3 Å². The summed E-state index contributed by atoms with van der Waals surface area (Å²) in [5.41, 5.74) is 3.93. The van der Waals surface area contributed by atoms with Gasteiger partial charge in [0, 0.05) is 24.9 Å². The Morgan fingerprint density at radius 1 is 1.05 bits per heavy atom. The van der Waals surface area contributed by atoms with E-state index >= 15 is 0 Å². The molecule has 2 heterocycles. The maximum atomic E-state index is 12.4. The van der Waals surface area contributed by atoms with Crippen molar-refractivity contribution in [1.29, 1.82) is 0 Å². The number of nitrogens with zero attached hydrogens (tertiary/aromatic N) is 2. The maximum absolute atomic E-state index is 12.4. The summed E-state index contributed by atoms with van der Waals surface area (Å²) in [5, 5.41) is 85.7. The van der Waals surface area contributed by atoms with E-state index in [9.17, 15) is 45.3 Å². The number of aliphatic hydroxyl groups excluding tert-OH is 7. The van der Waals surface area contributed by atoms with E-state index < -0.39 is 85.8 Å². The van der Waals surface area contributed by atoms with Crippen LogP contribution in [0.4, 0.5) is 0 Å². The van der Waals surface area contributed by atoms with Gasteiger partial charge < -0.3 is 62.0 Å². The fourth-order valence-electron chi connectivity index (χ4n) is 4.60. The van der Waals surface area contributed by atoms with Crippen molar-refractivity contribution in [3.63, 3.8) is 0 Å². The third-order valence-corrected chi connectivity index (χ3v) is 6.98. The van der Waals surface area contributed by atoms with Crippen LogP contribution in [0, 0.1) is 0 Å². The number of fused-ring (bicyclic) bond motifs is 1. The van der Waals surface area contributed by atoms with Crippen LogP contribution < -0.4 is 16.4 Å². The molecule has 1 saturated heterocycles. The van der Waals surface area contributed by atoms with E-state index in [1.165, 1.54) is 0 Å². The van der Waals surface area contributed by atoms with E-state index in [4.69, 9.17) is 15.6 Å². The number of carbonyl (C=O) groups excluding carboxylic acids is 2. The maximum Gasteiger partial charge on any atom is 0.251 e. The highest BCUT2D eigenvalue weighted by Gasteiger charge is 2.66. The van der Waals surface area contributed by atoms with Crippen LogP contribution in [-0.4, -0.2) is 132 Å². The fourth-order valence-corrected chi connectivity index (χ4v) is 4.60. The molecule has 0 saturated carbocycles. The van der Waals surface area contributed by atoms with Crippen molar-refractivity contribution in [2.45, 2.75) is 73.6 Å². The van der Waals surface area contributed by atoms with Crippen molar-refractivity contribution in [3.8, 4) is 0 Å². The van der Waals surface area contributed by atoms with Gasteiger partial charge in [0.15, 0.2) is 11.6 Å². The number of hydrogen-bond donors (Lipinski definition) is 11. The molecule has 0 aliphatic carbocycles. The van der Waals surface area contributed by atoms with Crippen LogP contribution in [0.2, 0.25) is 0 Å². The van der Waals surface area contributed by atoms with Crippen molar-refractivity contribution >= 4 is 23.7 Å². The van der Waals surface area contributed by atoms with Gasteiger partial charge in [-0.1, -0.05) is 18.2 Å². The summed E-state index contributed by atoms with van der Waals surface area (Å²) in [6, 6.07) is 7.28. The highest BCUT2D eigenvalue weighted by Crippen LogP contribution is 2.42. The highest BCUT2D eigenvalue weighted by molar-refractivity contribution is 6.07. The summed E-state index contributed by atoms with van der Waals surface area (Å²) in [5.74, 6) is -4.17. The van der Waals surface area contributed by atoms with Gasteiger partial charge in [0.1, 0.15) is 18.2 Å². The Hall–Kier alpha value is -3.22. The zero-order valence-corrected chi connectivity index (χ0v) is 22.1. The normalized spacial score (nSPS) is 28.0. The van der Waals surface area contributed by atoms with Crippen molar-refractivity contribution < 1.29 is 55.2 Å². The molecule has 1 aromatic carbocycles. The number of amides is 2. The molecule has 16 heteroatoms. The van der Waals surface area contributed by atoms with E-state index in [-0.39, 0.29) is 31.2 Å². The van der Waals surface area contributed by atoms with Crippen LogP contribution >= 0.6 is 0 Å². The monoisotopic (exact) mass is 583 g/mol. The lowest BCUT2D eigenvalue weighted by molar-refractivity contribution is -0.220. The number of nitrogens with one attached hydrogen (secondary N) is 2. The Morgan fingerprint density at radius 2 is 1.66 bits per heavy atom. The van der Waals surface area contributed by atoms with Gasteiger partial charge in [-0.05, 0) is 25.0 Å². The molecule has 228 valence electrons. The lowest BCUT2D eigenvalue weighted by Crippen LogP contribution is -2.61. The summed E-state index contributed by atoms with van der Waals surface area (Å²) in [4.78, 5) is 32.6. The molecule has 0 spiro atoms. The largest absolute Gasteiger partial charge is 0.444 e. The summed E-state index contributed by atoms with van der Waals surface area (Å²) in [7, 11) is 0. The minimum atomic E-state index is -2.53. The minimum absolute atomic E-state index is 0.0593. The Bertz CT molecular complexity index is 1120. The number of carbonyl (C=O) groups is 2. The van der Waals surface area contributed by atoms with Gasteiger partial charge in [-0.2, -0.15) is 4.99 Å². The van der Waals surface area contributed by atoms with E-state index in [1.54, 1.807) is 30.3 Å². The predicted octanol–water partition coefficient (Wildman–Crippen LogP) is -4.56. The standard InChI is InChI=1S/C25H37N5O11/c26-19(37)14(28-20(38)13-5-2-1-3-6-13)7-4-8-27-23-29-22-24(30-23,9-15(33)17(35)11-31)21(39)25(40,41-22)10-16(34)18(36)12-32/h1-3,5-6,14-18,21,31-36,39-40H,4,7-12H2,(H2,26,37)(H,27,30)(H,28,38)/t14-,15?,16?,17?,18?,21?,24?,25?/m0/s1. The summed E-state index contributed by atoms with van der Waals surface area (Å²) < 4.78 is 5.46. The Labute approximate surface area is 234 Å². The van der Waals surface area contributed by atoms with E-state index in [0.717, 1.165) is 0 Å². The second kappa shape index (κ2) is 13.6. The molecule has 2 aliphatic heterocycles. The van der Waals surface area contributed by atoms with Crippen molar-refractivity contribution in [1.82, 2.24) is 10.6 Å². The number of hydrogen-bond acceptors (Lipinski definition) is 12. The molecule has 3 rings (SSSR count).